The topological polar surface area (TPSA) is 44.4 Å². The molecule has 0 aliphatic carbocycles. The van der Waals surface area contributed by atoms with Crippen molar-refractivity contribution in [3.05, 3.63) is 34.3 Å². The Morgan fingerprint density at radius 1 is 1.33 bits per heavy atom. The van der Waals surface area contributed by atoms with Crippen LogP contribution in [0, 0.1) is 5.92 Å². The molecule has 1 saturated heterocycles. The number of rotatable bonds is 5. The second-order valence-corrected chi connectivity index (χ2v) is 7.14. The summed E-state index contributed by atoms with van der Waals surface area (Å²) in [5.74, 6) is 0.787. The Labute approximate surface area is 135 Å². The highest BCUT2D eigenvalue weighted by Crippen LogP contribution is 2.16. The molecule has 2 rings (SSSR count). The fourth-order valence-corrected chi connectivity index (χ4v) is 2.98. The average Bonchev–Trinajstić information content (AvgIpc) is 2.88. The first-order valence-electron chi connectivity index (χ1n) is 7.46. The van der Waals surface area contributed by atoms with E-state index in [0.29, 0.717) is 18.5 Å². The molecule has 2 atom stereocenters. The molecule has 21 heavy (non-hydrogen) atoms. The minimum absolute atomic E-state index is 0.116. The number of likely N-dealkylation sites (N-methyl/N-ethyl adjacent to an activating group) is 1. The van der Waals surface area contributed by atoms with E-state index < -0.39 is 0 Å². The second kappa shape index (κ2) is 7.38. The van der Waals surface area contributed by atoms with Gasteiger partial charge in [-0.1, -0.05) is 41.9 Å². The molecule has 0 spiro atoms. The molecular weight excluding hydrogens is 330 g/mol. The van der Waals surface area contributed by atoms with Crippen molar-refractivity contribution in [1.29, 1.82) is 0 Å². The summed E-state index contributed by atoms with van der Waals surface area (Å²) in [6.45, 7) is 5.05. The van der Waals surface area contributed by atoms with Gasteiger partial charge in [-0.2, -0.15) is 0 Å². The fourth-order valence-electron chi connectivity index (χ4n) is 2.72. The van der Waals surface area contributed by atoms with Gasteiger partial charge in [-0.05, 0) is 36.5 Å². The molecule has 2 unspecified atom stereocenters. The van der Waals surface area contributed by atoms with Gasteiger partial charge in [-0.3, -0.25) is 10.2 Å². The number of carbonyl (C=O) groups excluding carboxylic acids is 1. The molecule has 0 radical (unpaired) electrons. The first-order valence-corrected chi connectivity index (χ1v) is 8.25. The lowest BCUT2D eigenvalue weighted by molar-refractivity contribution is -0.132. The van der Waals surface area contributed by atoms with Gasteiger partial charge in [0, 0.05) is 24.1 Å². The summed E-state index contributed by atoms with van der Waals surface area (Å²) in [4.78, 5) is 14.3. The van der Waals surface area contributed by atoms with Gasteiger partial charge in [-0.15, -0.1) is 0 Å². The predicted molar refractivity (Wildman–Crippen MR) is 88.5 cm³/mol. The van der Waals surface area contributed by atoms with Gasteiger partial charge >= 0.3 is 0 Å². The van der Waals surface area contributed by atoms with E-state index in [9.17, 15) is 4.79 Å². The van der Waals surface area contributed by atoms with Crippen LogP contribution < -0.4 is 10.9 Å². The number of benzene rings is 1. The van der Waals surface area contributed by atoms with Crippen LogP contribution in [0.3, 0.4) is 0 Å². The third kappa shape index (κ3) is 4.80. The van der Waals surface area contributed by atoms with Crippen LogP contribution in [0.15, 0.2) is 28.7 Å². The van der Waals surface area contributed by atoms with Crippen LogP contribution in [-0.4, -0.2) is 29.9 Å². The summed E-state index contributed by atoms with van der Waals surface area (Å²) in [5.41, 5.74) is 7.52. The largest absolute Gasteiger partial charge is 0.340 e. The summed E-state index contributed by atoms with van der Waals surface area (Å²) < 4.78 is 1.05. The van der Waals surface area contributed by atoms with Crippen molar-refractivity contribution >= 4 is 21.8 Å². The van der Waals surface area contributed by atoms with Gasteiger partial charge in [0.1, 0.15) is 6.04 Å². The molecule has 1 heterocycles. The van der Waals surface area contributed by atoms with Crippen molar-refractivity contribution in [2.24, 2.45) is 5.92 Å². The van der Waals surface area contributed by atoms with Crippen LogP contribution in [0.4, 0.5) is 0 Å². The number of nitrogens with one attached hydrogen (secondary N) is 2. The second-order valence-electron chi connectivity index (χ2n) is 6.22. The Bertz CT molecular complexity index is 475. The van der Waals surface area contributed by atoms with Crippen LogP contribution in [0.25, 0.3) is 0 Å². The zero-order valence-electron chi connectivity index (χ0n) is 12.9. The Hall–Kier alpha value is -0.910. The lowest BCUT2D eigenvalue weighted by atomic mass is 9.99. The summed E-state index contributed by atoms with van der Waals surface area (Å²) in [5, 5.41) is 0. The van der Waals surface area contributed by atoms with Crippen molar-refractivity contribution in [2.45, 2.75) is 45.3 Å². The molecule has 0 saturated carbocycles. The van der Waals surface area contributed by atoms with E-state index in [1.165, 1.54) is 0 Å². The van der Waals surface area contributed by atoms with Crippen molar-refractivity contribution < 1.29 is 4.79 Å². The molecule has 0 bridgehead atoms. The quantitative estimate of drug-likeness (QED) is 0.855. The minimum Gasteiger partial charge on any atom is -0.340 e. The zero-order valence-corrected chi connectivity index (χ0v) is 14.5. The number of halogens is 1. The van der Waals surface area contributed by atoms with Crippen LogP contribution in [-0.2, 0) is 11.3 Å². The normalized spacial score (nSPS) is 21.8. The lowest BCUT2D eigenvalue weighted by Crippen LogP contribution is -2.44. The van der Waals surface area contributed by atoms with Crippen LogP contribution in [0.2, 0.25) is 0 Å². The van der Waals surface area contributed by atoms with Crippen LogP contribution in [0.5, 0.6) is 0 Å². The number of hydrogen-bond donors (Lipinski definition) is 2. The van der Waals surface area contributed by atoms with Gasteiger partial charge in [0.25, 0.3) is 0 Å². The maximum Gasteiger partial charge on any atom is 0.241 e. The van der Waals surface area contributed by atoms with E-state index in [2.05, 4.69) is 40.6 Å². The Kier molecular flexibility index (Phi) is 5.79. The maximum atomic E-state index is 12.5. The van der Waals surface area contributed by atoms with E-state index in [4.69, 9.17) is 0 Å². The van der Waals surface area contributed by atoms with E-state index in [1.54, 1.807) is 4.90 Å². The smallest absolute Gasteiger partial charge is 0.241 e. The molecular formula is C16H24BrN3O. The average molecular weight is 354 g/mol. The molecule has 1 fully saturated rings. The highest BCUT2D eigenvalue weighted by atomic mass is 79.9. The van der Waals surface area contributed by atoms with E-state index >= 15 is 0 Å². The predicted octanol–water partition coefficient (Wildman–Crippen LogP) is 2.69. The molecule has 1 aliphatic heterocycles. The van der Waals surface area contributed by atoms with E-state index in [1.807, 2.05) is 31.3 Å². The van der Waals surface area contributed by atoms with E-state index in [-0.39, 0.29) is 11.9 Å². The third-order valence-electron chi connectivity index (χ3n) is 3.75. The number of hydrazine groups is 1. The van der Waals surface area contributed by atoms with Crippen molar-refractivity contribution in [3.8, 4) is 0 Å². The van der Waals surface area contributed by atoms with Crippen molar-refractivity contribution in [1.82, 2.24) is 15.8 Å². The minimum atomic E-state index is -0.116. The van der Waals surface area contributed by atoms with Gasteiger partial charge in [0.05, 0.1) is 0 Å². The molecule has 1 amide bonds. The molecule has 2 N–H and O–H groups in total. The summed E-state index contributed by atoms with van der Waals surface area (Å²) >= 11 is 3.42. The number of amides is 1. The first-order chi connectivity index (χ1) is 9.95. The Morgan fingerprint density at radius 3 is 2.62 bits per heavy atom. The van der Waals surface area contributed by atoms with Crippen LogP contribution >= 0.6 is 15.9 Å². The summed E-state index contributed by atoms with van der Waals surface area (Å²) in [6, 6.07) is 8.35. The molecule has 4 nitrogen and oxygen atoms in total. The SMILES string of the molecule is CC(C)CC1CC(C(=O)N(C)Cc2ccc(Br)cc2)NN1. The number of hydrogen-bond acceptors (Lipinski definition) is 3. The molecule has 5 heteroatoms. The maximum absolute atomic E-state index is 12.5. The molecule has 1 aromatic rings. The fraction of sp³-hybridized carbons (Fsp3) is 0.562. The highest BCUT2D eigenvalue weighted by Gasteiger charge is 2.31. The molecule has 1 aliphatic rings. The van der Waals surface area contributed by atoms with Gasteiger partial charge in [0.2, 0.25) is 5.91 Å². The van der Waals surface area contributed by atoms with E-state index in [0.717, 1.165) is 22.9 Å². The monoisotopic (exact) mass is 353 g/mol. The van der Waals surface area contributed by atoms with Crippen molar-refractivity contribution in [3.63, 3.8) is 0 Å². The molecule has 1 aromatic carbocycles. The lowest BCUT2D eigenvalue weighted by Gasteiger charge is -2.21. The summed E-state index contributed by atoms with van der Waals surface area (Å²) in [6.07, 6.45) is 1.95. The highest BCUT2D eigenvalue weighted by molar-refractivity contribution is 9.10. The number of nitrogens with zero attached hydrogens (tertiary/aromatic N) is 1. The van der Waals surface area contributed by atoms with Crippen LogP contribution in [0.1, 0.15) is 32.3 Å². The molecule has 0 aromatic heterocycles. The zero-order chi connectivity index (χ0) is 15.4. The Balaban J connectivity index is 1.86. The Morgan fingerprint density at radius 2 is 2.00 bits per heavy atom. The summed E-state index contributed by atoms with van der Waals surface area (Å²) in [7, 11) is 1.86. The van der Waals surface area contributed by atoms with Gasteiger partial charge in [-0.25, -0.2) is 5.43 Å². The molecule has 116 valence electrons. The van der Waals surface area contributed by atoms with Crippen molar-refractivity contribution in [2.75, 3.05) is 7.05 Å². The standard InChI is InChI=1S/C16H24BrN3O/c1-11(2)8-14-9-15(19-18-14)16(21)20(3)10-12-4-6-13(17)7-5-12/h4-7,11,14-15,18-19H,8-10H2,1-3H3. The third-order valence-corrected chi connectivity index (χ3v) is 4.27. The first kappa shape index (κ1) is 16.5. The van der Waals surface area contributed by atoms with Gasteiger partial charge in [0.15, 0.2) is 0 Å². The van der Waals surface area contributed by atoms with Gasteiger partial charge < -0.3 is 4.90 Å². The number of carbonyl (C=O) groups is 1.